The lowest BCUT2D eigenvalue weighted by Crippen LogP contribution is -2.69. The van der Waals surface area contributed by atoms with Gasteiger partial charge in [-0.3, -0.25) is 14.5 Å². The lowest BCUT2D eigenvalue weighted by molar-refractivity contribution is -0.248. The average Bonchev–Trinajstić information content (AvgIpc) is 3.68. The van der Waals surface area contributed by atoms with Crippen LogP contribution in [0.2, 0.25) is 0 Å². The molecule has 7 fully saturated rings. The van der Waals surface area contributed by atoms with Gasteiger partial charge in [0.15, 0.2) is 9.84 Å². The summed E-state index contributed by atoms with van der Waals surface area (Å²) in [6.45, 7) is 22.5. The first-order chi connectivity index (χ1) is 25.4. The molecule has 0 spiro atoms. The number of carboxylic acids is 1. The summed E-state index contributed by atoms with van der Waals surface area (Å²) in [7, 11) is -2.99. The first kappa shape index (κ1) is 41.9. The van der Waals surface area contributed by atoms with Crippen LogP contribution in [-0.4, -0.2) is 90.4 Å². The van der Waals surface area contributed by atoms with Gasteiger partial charge < -0.3 is 20.3 Å². The summed E-state index contributed by atoms with van der Waals surface area (Å²) in [5.74, 6) is 2.24. The Hall–Kier alpha value is -1.23. The Morgan fingerprint density at radius 2 is 1.49 bits per heavy atom. The van der Waals surface area contributed by atoms with Gasteiger partial charge in [0.05, 0.1) is 30.5 Å². The van der Waals surface area contributed by atoms with Gasteiger partial charge in [0.2, 0.25) is 0 Å². The molecule has 6 saturated carbocycles. The average molecular weight is 789 g/mol. The van der Waals surface area contributed by atoms with E-state index in [0.717, 1.165) is 19.3 Å². The van der Waals surface area contributed by atoms with E-state index in [1.807, 2.05) is 20.8 Å². The zero-order valence-electron chi connectivity index (χ0n) is 35.8. The van der Waals surface area contributed by atoms with Crippen LogP contribution in [0.4, 0.5) is 0 Å². The number of ether oxygens (including phenoxy) is 1. The summed E-state index contributed by atoms with van der Waals surface area (Å²) in [5.41, 5.74) is 0.280. The molecule has 0 unspecified atom stereocenters. The maximum Gasteiger partial charge on any atom is 0.306 e. The fourth-order valence-electron chi connectivity index (χ4n) is 15.5. The summed E-state index contributed by atoms with van der Waals surface area (Å²) < 4.78 is 30.9. The van der Waals surface area contributed by atoms with Crippen molar-refractivity contribution in [1.82, 2.24) is 10.2 Å². The number of fused-ring (bicyclic) bond motifs is 7. The molecule has 10 heteroatoms. The standard InChI is InChI=1S/C45H76N2O7S/c1-29(48)32(47-22-24-55(52,53)25-23-47)28-46-45-17-12-30(41(6)18-19-41)38(45)31-10-11-34-42(7)15-14-35(54-37(51)27-39(2,3)26-36(49)50)40(4,5)33(42)13-16-44(34,9)43(31,8)20-21-45/h29-35,38,46,48H,10-28H2,1-9H3,(H,49,50)/t29-,30-,31-,32-,33+,34-,35+,38-,42+,43-,44-,45+/m1/s1. The lowest BCUT2D eigenvalue weighted by atomic mass is 9.32. The van der Waals surface area contributed by atoms with E-state index in [0.29, 0.717) is 54.6 Å². The molecule has 3 N–H and O–H groups in total. The normalized spacial score (nSPS) is 44.2. The molecule has 1 heterocycles. The molecule has 7 aliphatic rings. The quantitative estimate of drug-likeness (QED) is 0.182. The number of nitrogens with one attached hydrogen (secondary N) is 1. The Labute approximate surface area is 333 Å². The number of hydrogen-bond acceptors (Lipinski definition) is 8. The molecule has 6 aliphatic carbocycles. The molecule has 7 rings (SSSR count). The van der Waals surface area contributed by atoms with Crippen LogP contribution in [0.1, 0.15) is 152 Å². The van der Waals surface area contributed by atoms with Gasteiger partial charge in [0.1, 0.15) is 6.10 Å². The van der Waals surface area contributed by atoms with Crippen LogP contribution in [0.25, 0.3) is 0 Å². The van der Waals surface area contributed by atoms with E-state index in [1.54, 1.807) is 0 Å². The molecule has 0 aromatic rings. The van der Waals surface area contributed by atoms with Gasteiger partial charge in [0, 0.05) is 36.6 Å². The molecule has 12 atom stereocenters. The Kier molecular flexibility index (Phi) is 10.6. The number of esters is 1. The van der Waals surface area contributed by atoms with Crippen molar-refractivity contribution < 1.29 is 33.0 Å². The number of sulfone groups is 1. The number of aliphatic carboxylic acids is 1. The van der Waals surface area contributed by atoms with Crippen LogP contribution in [0.5, 0.6) is 0 Å². The molecular formula is C45H76N2O7S. The van der Waals surface area contributed by atoms with Crippen molar-refractivity contribution in [3.8, 4) is 0 Å². The number of carboxylic acid groups (broad SMARTS) is 1. The minimum atomic E-state index is -2.99. The van der Waals surface area contributed by atoms with E-state index in [4.69, 9.17) is 4.74 Å². The summed E-state index contributed by atoms with van der Waals surface area (Å²) in [4.78, 5) is 27.0. The molecule has 0 bridgehead atoms. The van der Waals surface area contributed by atoms with Gasteiger partial charge in [-0.25, -0.2) is 8.42 Å². The number of aliphatic hydroxyl groups is 1. The summed E-state index contributed by atoms with van der Waals surface area (Å²) in [6, 6.07) is -0.0909. The van der Waals surface area contributed by atoms with Crippen molar-refractivity contribution in [3.63, 3.8) is 0 Å². The van der Waals surface area contributed by atoms with Gasteiger partial charge in [-0.05, 0) is 141 Å². The van der Waals surface area contributed by atoms with E-state index in [9.17, 15) is 28.2 Å². The Balaban J connectivity index is 1.11. The van der Waals surface area contributed by atoms with Crippen molar-refractivity contribution in [2.45, 2.75) is 176 Å². The lowest BCUT2D eigenvalue weighted by Gasteiger charge is -2.73. The monoisotopic (exact) mass is 789 g/mol. The van der Waals surface area contributed by atoms with Gasteiger partial charge in [-0.2, -0.15) is 0 Å². The predicted molar refractivity (Wildman–Crippen MR) is 216 cm³/mol. The smallest absolute Gasteiger partial charge is 0.306 e. The fraction of sp³-hybridized carbons (Fsp3) is 0.956. The molecule has 9 nitrogen and oxygen atoms in total. The van der Waals surface area contributed by atoms with Crippen molar-refractivity contribution >= 4 is 21.8 Å². The molecular weight excluding hydrogens is 713 g/mol. The Morgan fingerprint density at radius 1 is 0.818 bits per heavy atom. The highest BCUT2D eigenvalue weighted by molar-refractivity contribution is 7.91. The molecule has 314 valence electrons. The van der Waals surface area contributed by atoms with Crippen LogP contribution >= 0.6 is 0 Å². The van der Waals surface area contributed by atoms with Crippen molar-refractivity contribution in [3.05, 3.63) is 0 Å². The van der Waals surface area contributed by atoms with Crippen molar-refractivity contribution in [2.75, 3.05) is 31.1 Å². The first-order valence-corrected chi connectivity index (χ1v) is 24.0. The van der Waals surface area contributed by atoms with Crippen LogP contribution in [0.3, 0.4) is 0 Å². The highest BCUT2D eigenvalue weighted by Gasteiger charge is 2.72. The Bertz CT molecular complexity index is 1590. The SMILES string of the molecule is C[C@@H](O)[C@@H](CN[C@]12CC[C@@H](C3(C)CC3)[C@@H]1[C@H]1CC[C@@H]3[C@@]4(C)CC[C@H](OC(=O)CC(C)(C)CC(=O)O)C(C)(C)[C@@H]4CC[C@@]3(C)[C@]1(C)CC2)N1CCS(=O)(=O)CC1. The molecule has 1 aliphatic heterocycles. The van der Waals surface area contributed by atoms with Gasteiger partial charge >= 0.3 is 11.9 Å². The van der Waals surface area contributed by atoms with Gasteiger partial charge in [0.25, 0.3) is 0 Å². The molecule has 0 radical (unpaired) electrons. The van der Waals surface area contributed by atoms with E-state index in [2.05, 4.69) is 51.8 Å². The summed E-state index contributed by atoms with van der Waals surface area (Å²) in [5, 5.41) is 24.7. The topological polar surface area (TPSA) is 133 Å². The zero-order valence-corrected chi connectivity index (χ0v) is 36.7. The maximum atomic E-state index is 13.3. The van der Waals surface area contributed by atoms with Crippen molar-refractivity contribution in [2.24, 2.45) is 62.1 Å². The highest BCUT2D eigenvalue weighted by Crippen LogP contribution is 2.77. The number of carbonyl (C=O) groups is 2. The van der Waals surface area contributed by atoms with Crippen molar-refractivity contribution in [1.29, 1.82) is 0 Å². The fourth-order valence-corrected chi connectivity index (χ4v) is 16.7. The van der Waals surface area contributed by atoms with E-state index >= 15 is 0 Å². The number of nitrogens with zero attached hydrogens (tertiary/aromatic N) is 1. The third-order valence-electron chi connectivity index (χ3n) is 18.9. The Morgan fingerprint density at radius 3 is 2.11 bits per heavy atom. The maximum absolute atomic E-state index is 13.3. The third kappa shape index (κ3) is 7.06. The van der Waals surface area contributed by atoms with Gasteiger partial charge in [-0.15, -0.1) is 0 Å². The van der Waals surface area contributed by atoms with Crippen LogP contribution in [0, 0.1) is 62.1 Å². The highest BCUT2D eigenvalue weighted by atomic mass is 32.2. The minimum Gasteiger partial charge on any atom is -0.481 e. The van der Waals surface area contributed by atoms with Crippen LogP contribution < -0.4 is 5.32 Å². The first-order valence-electron chi connectivity index (χ1n) is 22.2. The molecule has 0 aromatic heterocycles. The third-order valence-corrected chi connectivity index (χ3v) is 20.5. The zero-order chi connectivity index (χ0) is 40.2. The molecule has 1 saturated heterocycles. The number of aliphatic hydroxyl groups excluding tert-OH is 1. The molecule has 55 heavy (non-hydrogen) atoms. The second-order valence-corrected chi connectivity index (χ2v) is 25.1. The van der Waals surface area contributed by atoms with E-state index in [1.165, 1.54) is 57.8 Å². The second-order valence-electron chi connectivity index (χ2n) is 22.8. The van der Waals surface area contributed by atoms with Gasteiger partial charge in [-0.1, -0.05) is 55.4 Å². The van der Waals surface area contributed by atoms with E-state index in [-0.39, 0.29) is 69.7 Å². The minimum absolute atomic E-state index is 0.0514. The van der Waals surface area contributed by atoms with E-state index < -0.39 is 27.3 Å². The van der Waals surface area contributed by atoms with Crippen LogP contribution in [-0.2, 0) is 24.2 Å². The number of hydrogen-bond donors (Lipinski definition) is 3. The number of carbonyl (C=O) groups excluding carboxylic acids is 1. The molecule has 0 amide bonds. The second kappa shape index (κ2) is 13.9. The summed E-state index contributed by atoms with van der Waals surface area (Å²) >= 11 is 0. The summed E-state index contributed by atoms with van der Waals surface area (Å²) in [6.07, 6.45) is 13.7. The number of rotatable bonds is 11. The predicted octanol–water partition coefficient (Wildman–Crippen LogP) is 7.49. The largest absolute Gasteiger partial charge is 0.481 e. The van der Waals surface area contributed by atoms with Crippen LogP contribution in [0.15, 0.2) is 0 Å². The molecule has 0 aromatic carbocycles.